The van der Waals surface area contributed by atoms with Crippen molar-refractivity contribution in [2.75, 3.05) is 4.72 Å². The van der Waals surface area contributed by atoms with E-state index < -0.39 is 15.9 Å². The first kappa shape index (κ1) is 23.1. The van der Waals surface area contributed by atoms with E-state index in [2.05, 4.69) is 15.6 Å². The van der Waals surface area contributed by atoms with Crippen molar-refractivity contribution < 1.29 is 13.2 Å². The fourth-order valence-electron chi connectivity index (χ4n) is 3.12. The first-order valence-corrected chi connectivity index (χ1v) is 12.5. The number of terminal acetylenes is 1. The highest BCUT2D eigenvalue weighted by molar-refractivity contribution is 7.92. The van der Waals surface area contributed by atoms with Gasteiger partial charge in [-0.05, 0) is 42.5 Å². The topological polar surface area (TPSA) is 80.5 Å². The molecule has 33 heavy (non-hydrogen) atoms. The maximum atomic E-state index is 12.9. The molecule has 0 aliphatic carbocycles. The van der Waals surface area contributed by atoms with E-state index in [1.807, 2.05) is 0 Å². The molecule has 0 saturated carbocycles. The molecule has 4 aromatic rings. The van der Waals surface area contributed by atoms with Crippen LogP contribution in [0.4, 0.5) is 5.69 Å². The molecular weight excluding hydrogens is 501 g/mol. The van der Waals surface area contributed by atoms with Gasteiger partial charge in [-0.1, -0.05) is 64.7 Å². The lowest BCUT2D eigenvalue weighted by molar-refractivity contribution is 0.0998. The third-order valence-corrected chi connectivity index (χ3v) is 7.83. The molecular formula is C23H15Cl2N3O3S2. The standard InChI is InChI=1S/C23H15Cl2N3O3S2/c1-2-13-28-20-18(24)11-12-19(25)21(20)32-23(28)26-22(29)15-7-6-8-16(14-15)27-33(30,31)17-9-4-3-5-10-17/h1,3-12,14,27H,13H2. The van der Waals surface area contributed by atoms with Crippen LogP contribution in [0.2, 0.25) is 10.0 Å². The number of sulfonamides is 1. The lowest BCUT2D eigenvalue weighted by Crippen LogP contribution is -2.17. The zero-order valence-corrected chi connectivity index (χ0v) is 20.0. The molecule has 0 bridgehead atoms. The summed E-state index contributed by atoms with van der Waals surface area (Å²) in [5, 5.41) is 0.906. The molecule has 0 unspecified atom stereocenters. The summed E-state index contributed by atoms with van der Waals surface area (Å²) in [4.78, 5) is 17.6. The average molecular weight is 516 g/mol. The van der Waals surface area contributed by atoms with Gasteiger partial charge in [-0.2, -0.15) is 4.99 Å². The van der Waals surface area contributed by atoms with Gasteiger partial charge in [0.1, 0.15) is 0 Å². The Balaban J connectivity index is 1.72. The van der Waals surface area contributed by atoms with Crippen molar-refractivity contribution in [1.29, 1.82) is 0 Å². The summed E-state index contributed by atoms with van der Waals surface area (Å²) >= 11 is 13.8. The van der Waals surface area contributed by atoms with Crippen LogP contribution in [-0.2, 0) is 16.6 Å². The van der Waals surface area contributed by atoms with Gasteiger partial charge in [0.25, 0.3) is 15.9 Å². The van der Waals surface area contributed by atoms with E-state index in [1.165, 1.54) is 29.5 Å². The molecule has 6 nitrogen and oxygen atoms in total. The van der Waals surface area contributed by atoms with Gasteiger partial charge in [0.05, 0.1) is 31.7 Å². The summed E-state index contributed by atoms with van der Waals surface area (Å²) in [6, 6.07) is 17.3. The number of anilines is 1. The fourth-order valence-corrected chi connectivity index (χ4v) is 5.83. The Morgan fingerprint density at radius 1 is 1.06 bits per heavy atom. The summed E-state index contributed by atoms with van der Waals surface area (Å²) in [6.45, 7) is 0.142. The van der Waals surface area contributed by atoms with Crippen molar-refractivity contribution in [1.82, 2.24) is 4.57 Å². The lowest BCUT2D eigenvalue weighted by atomic mass is 10.2. The van der Waals surface area contributed by atoms with E-state index in [1.54, 1.807) is 53.1 Å². The maximum absolute atomic E-state index is 12.9. The van der Waals surface area contributed by atoms with Crippen LogP contribution >= 0.6 is 34.5 Å². The van der Waals surface area contributed by atoms with Crippen molar-refractivity contribution in [3.8, 4) is 12.3 Å². The summed E-state index contributed by atoms with van der Waals surface area (Å²) in [7, 11) is -3.80. The molecule has 0 aliphatic rings. The van der Waals surface area contributed by atoms with Gasteiger partial charge < -0.3 is 4.57 Å². The minimum atomic E-state index is -3.80. The number of fused-ring (bicyclic) bond motifs is 1. The minimum absolute atomic E-state index is 0.112. The largest absolute Gasteiger partial charge is 0.303 e. The van der Waals surface area contributed by atoms with Crippen molar-refractivity contribution >= 4 is 66.4 Å². The summed E-state index contributed by atoms with van der Waals surface area (Å²) in [5.41, 5.74) is 1.03. The first-order chi connectivity index (χ1) is 15.8. The molecule has 0 atom stereocenters. The van der Waals surface area contributed by atoms with Crippen LogP contribution in [0.3, 0.4) is 0 Å². The molecule has 0 saturated heterocycles. The predicted octanol–water partition coefficient (Wildman–Crippen LogP) is 5.18. The summed E-state index contributed by atoms with van der Waals surface area (Å²) < 4.78 is 30.0. The van der Waals surface area contributed by atoms with Gasteiger partial charge in [0, 0.05) is 11.3 Å². The number of thiazole rings is 1. The minimum Gasteiger partial charge on any atom is -0.303 e. The molecule has 0 aliphatic heterocycles. The first-order valence-electron chi connectivity index (χ1n) is 9.48. The number of aromatic nitrogens is 1. The molecule has 3 aromatic carbocycles. The summed E-state index contributed by atoms with van der Waals surface area (Å²) in [5.74, 6) is 1.96. The lowest BCUT2D eigenvalue weighted by Gasteiger charge is -2.08. The van der Waals surface area contributed by atoms with Gasteiger partial charge in [-0.3, -0.25) is 9.52 Å². The molecule has 0 spiro atoms. The van der Waals surface area contributed by atoms with E-state index in [0.29, 0.717) is 25.1 Å². The van der Waals surface area contributed by atoms with Crippen molar-refractivity contribution in [3.63, 3.8) is 0 Å². The SMILES string of the molecule is C#CCn1c(=NC(=O)c2cccc(NS(=O)(=O)c3ccccc3)c2)sc2c(Cl)ccc(Cl)c21. The van der Waals surface area contributed by atoms with Gasteiger partial charge in [0.15, 0.2) is 4.80 Å². The highest BCUT2D eigenvalue weighted by Crippen LogP contribution is 2.31. The van der Waals surface area contributed by atoms with E-state index in [9.17, 15) is 13.2 Å². The van der Waals surface area contributed by atoms with E-state index in [0.717, 1.165) is 0 Å². The van der Waals surface area contributed by atoms with Gasteiger partial charge >= 0.3 is 0 Å². The molecule has 4 rings (SSSR count). The number of nitrogens with zero attached hydrogens (tertiary/aromatic N) is 2. The Hall–Kier alpha value is -3.09. The molecule has 1 heterocycles. The quantitative estimate of drug-likeness (QED) is 0.371. The second-order valence-electron chi connectivity index (χ2n) is 6.80. The number of hydrogen-bond acceptors (Lipinski definition) is 4. The number of amides is 1. The van der Waals surface area contributed by atoms with Crippen LogP contribution in [0, 0.1) is 12.3 Å². The van der Waals surface area contributed by atoms with Crippen LogP contribution in [0.15, 0.2) is 76.6 Å². The van der Waals surface area contributed by atoms with Crippen molar-refractivity contribution in [2.24, 2.45) is 4.99 Å². The Labute approximate surface area is 204 Å². The molecule has 166 valence electrons. The second kappa shape index (κ2) is 9.41. The van der Waals surface area contributed by atoms with Gasteiger partial charge in [0.2, 0.25) is 0 Å². The third kappa shape index (κ3) is 4.82. The van der Waals surface area contributed by atoms with Gasteiger partial charge in [-0.25, -0.2) is 8.42 Å². The van der Waals surface area contributed by atoms with Crippen LogP contribution in [0.5, 0.6) is 0 Å². The molecule has 10 heteroatoms. The number of nitrogens with one attached hydrogen (secondary N) is 1. The molecule has 0 fully saturated rings. The zero-order chi connectivity index (χ0) is 23.6. The van der Waals surface area contributed by atoms with E-state index in [4.69, 9.17) is 29.6 Å². The number of halogens is 2. The van der Waals surface area contributed by atoms with Crippen LogP contribution in [0.25, 0.3) is 10.2 Å². The van der Waals surface area contributed by atoms with Crippen molar-refractivity contribution in [3.05, 3.63) is 87.1 Å². The average Bonchev–Trinajstić information content (AvgIpc) is 3.16. The third-order valence-electron chi connectivity index (χ3n) is 4.59. The fraction of sp³-hybridized carbons (Fsp3) is 0.0435. The molecule has 1 N–H and O–H groups in total. The van der Waals surface area contributed by atoms with Crippen LogP contribution < -0.4 is 9.52 Å². The number of hydrogen-bond donors (Lipinski definition) is 1. The van der Waals surface area contributed by atoms with E-state index >= 15 is 0 Å². The molecule has 1 amide bonds. The number of carbonyl (C=O) groups excluding carboxylic acids is 1. The van der Waals surface area contributed by atoms with Crippen LogP contribution in [0.1, 0.15) is 10.4 Å². The van der Waals surface area contributed by atoms with Gasteiger partial charge in [-0.15, -0.1) is 6.42 Å². The predicted molar refractivity (Wildman–Crippen MR) is 132 cm³/mol. The normalized spacial score (nSPS) is 12.0. The zero-order valence-electron chi connectivity index (χ0n) is 16.8. The Morgan fingerprint density at radius 2 is 1.79 bits per heavy atom. The Morgan fingerprint density at radius 3 is 2.52 bits per heavy atom. The van der Waals surface area contributed by atoms with Crippen LogP contribution in [-0.4, -0.2) is 18.9 Å². The highest BCUT2D eigenvalue weighted by Gasteiger charge is 2.16. The number of carbonyl (C=O) groups is 1. The Kier molecular flexibility index (Phi) is 6.58. The molecule has 0 radical (unpaired) electrons. The maximum Gasteiger partial charge on any atom is 0.279 e. The number of benzene rings is 3. The van der Waals surface area contributed by atoms with E-state index in [-0.39, 0.29) is 22.7 Å². The number of rotatable bonds is 5. The highest BCUT2D eigenvalue weighted by atomic mass is 35.5. The van der Waals surface area contributed by atoms with Crippen molar-refractivity contribution in [2.45, 2.75) is 11.4 Å². The molecule has 1 aromatic heterocycles. The summed E-state index contributed by atoms with van der Waals surface area (Å²) in [6.07, 6.45) is 5.50. The Bertz CT molecular complexity index is 1580. The smallest absolute Gasteiger partial charge is 0.279 e. The monoisotopic (exact) mass is 515 g/mol. The second-order valence-corrected chi connectivity index (χ2v) is 10.3.